The maximum absolute atomic E-state index is 11.6. The Bertz CT molecular complexity index is 392. The molecule has 4 nitrogen and oxygen atoms in total. The topological polar surface area (TPSA) is 59.2 Å². The summed E-state index contributed by atoms with van der Waals surface area (Å²) in [5.74, 6) is -0.247. The van der Waals surface area contributed by atoms with E-state index in [4.69, 9.17) is 5.73 Å². The number of amides is 1. The van der Waals surface area contributed by atoms with E-state index in [2.05, 4.69) is 9.88 Å². The Morgan fingerprint density at radius 2 is 2.00 bits per heavy atom. The Morgan fingerprint density at radius 1 is 1.38 bits per heavy atom. The van der Waals surface area contributed by atoms with Crippen LogP contribution in [0.4, 0.5) is 0 Å². The fraction of sp³-hybridized carbons (Fsp3) is 0.500. The van der Waals surface area contributed by atoms with Crippen LogP contribution in [0.3, 0.4) is 0 Å². The van der Waals surface area contributed by atoms with Crippen molar-refractivity contribution in [3.05, 3.63) is 30.1 Å². The van der Waals surface area contributed by atoms with Crippen LogP contribution in [-0.2, 0) is 4.79 Å². The number of primary amides is 1. The highest BCUT2D eigenvalue weighted by Crippen LogP contribution is 2.45. The number of aromatic nitrogens is 1. The molecule has 0 aromatic carbocycles. The molecule has 2 N–H and O–H groups in total. The molecule has 3 atom stereocenters. The van der Waals surface area contributed by atoms with Gasteiger partial charge in [0.15, 0.2) is 0 Å². The van der Waals surface area contributed by atoms with Crippen molar-refractivity contribution in [2.24, 2.45) is 5.73 Å². The molecule has 4 rings (SSSR count). The molecule has 0 radical (unpaired) electrons. The average molecular weight is 217 g/mol. The lowest BCUT2D eigenvalue weighted by molar-refractivity contribution is -0.127. The number of nitrogens with two attached hydrogens (primary N) is 1. The van der Waals surface area contributed by atoms with Crippen LogP contribution < -0.4 is 5.73 Å². The lowest BCUT2D eigenvalue weighted by Crippen LogP contribution is -2.53. The summed E-state index contributed by atoms with van der Waals surface area (Å²) in [5.41, 5.74) is 6.50. The SMILES string of the molecule is NC(=O)C(c1ccncc1)N1C2CCC1C2. The van der Waals surface area contributed by atoms with Crippen molar-refractivity contribution in [2.45, 2.75) is 37.4 Å². The standard InChI is InChI=1S/C12H15N3O/c13-12(16)11(8-3-5-14-6-4-8)15-9-1-2-10(15)7-9/h3-6,9-11H,1-2,7H2,(H2,13,16). The molecule has 2 saturated heterocycles. The van der Waals surface area contributed by atoms with Gasteiger partial charge in [-0.05, 0) is 37.0 Å². The molecule has 3 fully saturated rings. The van der Waals surface area contributed by atoms with Crippen molar-refractivity contribution in [3.63, 3.8) is 0 Å². The molecule has 2 bridgehead atoms. The summed E-state index contributed by atoms with van der Waals surface area (Å²) in [7, 11) is 0. The van der Waals surface area contributed by atoms with Gasteiger partial charge in [-0.1, -0.05) is 0 Å². The lowest BCUT2D eigenvalue weighted by atomic mass is 9.95. The number of rotatable bonds is 3. The van der Waals surface area contributed by atoms with Crippen molar-refractivity contribution in [1.29, 1.82) is 0 Å². The first kappa shape index (κ1) is 9.78. The number of carbonyl (C=O) groups is 1. The monoisotopic (exact) mass is 217 g/mol. The predicted molar refractivity (Wildman–Crippen MR) is 59.4 cm³/mol. The maximum Gasteiger partial charge on any atom is 0.239 e. The number of nitrogens with zero attached hydrogens (tertiary/aromatic N) is 2. The number of hydrogen-bond acceptors (Lipinski definition) is 3. The minimum Gasteiger partial charge on any atom is -0.368 e. The van der Waals surface area contributed by atoms with E-state index in [-0.39, 0.29) is 11.9 Å². The Labute approximate surface area is 94.5 Å². The summed E-state index contributed by atoms with van der Waals surface area (Å²) < 4.78 is 0. The van der Waals surface area contributed by atoms with E-state index in [9.17, 15) is 4.79 Å². The van der Waals surface area contributed by atoms with Gasteiger partial charge in [0.2, 0.25) is 5.91 Å². The smallest absolute Gasteiger partial charge is 0.239 e. The van der Waals surface area contributed by atoms with E-state index in [0.29, 0.717) is 12.1 Å². The van der Waals surface area contributed by atoms with Crippen molar-refractivity contribution >= 4 is 5.91 Å². The Kier molecular flexibility index (Phi) is 2.17. The van der Waals surface area contributed by atoms with Crippen molar-refractivity contribution in [2.75, 3.05) is 0 Å². The normalized spacial score (nSPS) is 29.8. The zero-order chi connectivity index (χ0) is 11.1. The summed E-state index contributed by atoms with van der Waals surface area (Å²) in [4.78, 5) is 17.9. The van der Waals surface area contributed by atoms with Crippen LogP contribution in [0.25, 0.3) is 0 Å². The van der Waals surface area contributed by atoms with Gasteiger partial charge in [0.25, 0.3) is 0 Å². The average Bonchev–Trinajstić information content (AvgIpc) is 2.88. The van der Waals surface area contributed by atoms with Gasteiger partial charge in [0.05, 0.1) is 0 Å². The fourth-order valence-corrected chi connectivity index (χ4v) is 3.09. The van der Waals surface area contributed by atoms with Crippen molar-refractivity contribution in [1.82, 2.24) is 9.88 Å². The summed E-state index contributed by atoms with van der Waals surface area (Å²) in [5, 5.41) is 0. The third-order valence-corrected chi connectivity index (χ3v) is 3.81. The highest BCUT2D eigenvalue weighted by Gasteiger charge is 2.49. The fourth-order valence-electron chi connectivity index (χ4n) is 3.09. The zero-order valence-corrected chi connectivity index (χ0v) is 9.04. The third-order valence-electron chi connectivity index (χ3n) is 3.81. The van der Waals surface area contributed by atoms with Crippen LogP contribution in [0.5, 0.6) is 0 Å². The molecule has 3 aliphatic rings. The molecule has 84 valence electrons. The Morgan fingerprint density at radius 3 is 2.50 bits per heavy atom. The van der Waals surface area contributed by atoms with Gasteiger partial charge in [0.1, 0.15) is 6.04 Å². The van der Waals surface area contributed by atoms with Gasteiger partial charge >= 0.3 is 0 Å². The Balaban J connectivity index is 1.91. The van der Waals surface area contributed by atoms with Gasteiger partial charge < -0.3 is 5.73 Å². The molecule has 1 aromatic heterocycles. The van der Waals surface area contributed by atoms with Crippen LogP contribution in [-0.4, -0.2) is 27.9 Å². The molecule has 1 amide bonds. The second kappa shape index (κ2) is 3.56. The largest absolute Gasteiger partial charge is 0.368 e. The quantitative estimate of drug-likeness (QED) is 0.816. The molecule has 16 heavy (non-hydrogen) atoms. The van der Waals surface area contributed by atoms with Gasteiger partial charge in [-0.2, -0.15) is 0 Å². The lowest BCUT2D eigenvalue weighted by Gasteiger charge is -2.44. The minimum atomic E-state index is -0.255. The number of fused-ring (bicyclic) bond motifs is 1. The second-order valence-corrected chi connectivity index (χ2v) is 4.65. The highest BCUT2D eigenvalue weighted by atomic mass is 16.1. The van der Waals surface area contributed by atoms with E-state index in [1.165, 1.54) is 19.3 Å². The number of hydrogen-bond donors (Lipinski definition) is 1. The third kappa shape index (κ3) is 1.33. The summed E-state index contributed by atoms with van der Waals surface area (Å²) in [6.07, 6.45) is 7.08. The van der Waals surface area contributed by atoms with Crippen LogP contribution in [0.2, 0.25) is 0 Å². The number of carbonyl (C=O) groups excluding carboxylic acids is 1. The number of pyridine rings is 1. The second-order valence-electron chi connectivity index (χ2n) is 4.65. The van der Waals surface area contributed by atoms with Crippen LogP contribution in [0.15, 0.2) is 24.5 Å². The van der Waals surface area contributed by atoms with Gasteiger partial charge in [0, 0.05) is 24.5 Å². The van der Waals surface area contributed by atoms with Crippen LogP contribution in [0.1, 0.15) is 30.9 Å². The van der Waals surface area contributed by atoms with Crippen LogP contribution in [0, 0.1) is 0 Å². The molecule has 2 aliphatic heterocycles. The molecule has 3 unspecified atom stereocenters. The van der Waals surface area contributed by atoms with E-state index in [1.54, 1.807) is 12.4 Å². The van der Waals surface area contributed by atoms with Gasteiger partial charge in [-0.3, -0.25) is 14.7 Å². The first-order valence-corrected chi connectivity index (χ1v) is 5.74. The molecule has 3 heterocycles. The maximum atomic E-state index is 11.6. The summed E-state index contributed by atoms with van der Waals surface area (Å²) >= 11 is 0. The molecule has 1 saturated carbocycles. The molecule has 1 aliphatic carbocycles. The van der Waals surface area contributed by atoms with Gasteiger partial charge in [-0.15, -0.1) is 0 Å². The predicted octanol–water partition coefficient (Wildman–Crippen LogP) is 0.845. The Hall–Kier alpha value is -1.42. The molecule has 4 heteroatoms. The molecular weight excluding hydrogens is 202 g/mol. The van der Waals surface area contributed by atoms with Crippen molar-refractivity contribution in [3.8, 4) is 0 Å². The summed E-state index contributed by atoms with van der Waals surface area (Å²) in [6.45, 7) is 0. The van der Waals surface area contributed by atoms with E-state index in [0.717, 1.165) is 5.56 Å². The van der Waals surface area contributed by atoms with Crippen molar-refractivity contribution < 1.29 is 4.79 Å². The first-order chi connectivity index (χ1) is 7.77. The first-order valence-electron chi connectivity index (χ1n) is 5.74. The minimum absolute atomic E-state index is 0.247. The van der Waals surface area contributed by atoms with Gasteiger partial charge in [-0.25, -0.2) is 0 Å². The molecule has 0 spiro atoms. The zero-order valence-electron chi connectivity index (χ0n) is 9.04. The van der Waals surface area contributed by atoms with E-state index < -0.39 is 0 Å². The highest BCUT2D eigenvalue weighted by molar-refractivity contribution is 5.81. The van der Waals surface area contributed by atoms with E-state index in [1.807, 2.05) is 12.1 Å². The van der Waals surface area contributed by atoms with E-state index >= 15 is 0 Å². The summed E-state index contributed by atoms with van der Waals surface area (Å²) in [6, 6.07) is 4.64. The molecular formula is C12H15N3O. The van der Waals surface area contributed by atoms with Crippen LogP contribution >= 0.6 is 0 Å². The molecule has 1 aromatic rings.